The Hall–Kier alpha value is -0.610. The van der Waals surface area contributed by atoms with Crippen molar-refractivity contribution in [1.82, 2.24) is 15.5 Å². The third-order valence-electron chi connectivity index (χ3n) is 4.59. The second kappa shape index (κ2) is 8.63. The van der Waals surface area contributed by atoms with Crippen LogP contribution in [-0.4, -0.2) is 49.1 Å². The van der Waals surface area contributed by atoms with Crippen molar-refractivity contribution >= 4 is 5.91 Å². The molecule has 2 heterocycles. The predicted octanol–water partition coefficient (Wildman–Crippen LogP) is 1.90. The first kappa shape index (κ1) is 15.8. The Balaban J connectivity index is 1.56. The van der Waals surface area contributed by atoms with Gasteiger partial charge in [0.2, 0.25) is 5.91 Å². The molecule has 0 aromatic rings. The third-order valence-corrected chi connectivity index (χ3v) is 4.59. The molecule has 2 atom stereocenters. The van der Waals surface area contributed by atoms with Crippen molar-refractivity contribution in [3.05, 3.63) is 0 Å². The minimum absolute atomic E-state index is 0.334. The van der Waals surface area contributed by atoms with Crippen molar-refractivity contribution in [1.29, 1.82) is 0 Å². The number of piperidine rings is 2. The fourth-order valence-electron chi connectivity index (χ4n) is 3.36. The van der Waals surface area contributed by atoms with Crippen LogP contribution in [0.3, 0.4) is 0 Å². The van der Waals surface area contributed by atoms with E-state index in [0.29, 0.717) is 24.4 Å². The molecular weight excluding hydrogens is 250 g/mol. The number of carbonyl (C=O) groups excluding carboxylic acids is 1. The first-order chi connectivity index (χ1) is 9.75. The van der Waals surface area contributed by atoms with Crippen molar-refractivity contribution in [2.75, 3.05) is 26.2 Å². The summed E-state index contributed by atoms with van der Waals surface area (Å²) < 4.78 is 0. The minimum atomic E-state index is 0.334. The number of likely N-dealkylation sites (tertiary alicyclic amines) is 1. The van der Waals surface area contributed by atoms with Crippen molar-refractivity contribution in [3.8, 4) is 0 Å². The zero-order valence-electron chi connectivity index (χ0n) is 13.0. The van der Waals surface area contributed by atoms with Gasteiger partial charge in [0.15, 0.2) is 0 Å². The molecule has 0 aromatic carbocycles. The maximum atomic E-state index is 12.0. The molecule has 0 aliphatic carbocycles. The molecule has 2 aliphatic heterocycles. The van der Waals surface area contributed by atoms with Crippen LogP contribution in [0.15, 0.2) is 0 Å². The summed E-state index contributed by atoms with van der Waals surface area (Å²) >= 11 is 0. The van der Waals surface area contributed by atoms with Gasteiger partial charge in [-0.15, -0.1) is 0 Å². The van der Waals surface area contributed by atoms with E-state index >= 15 is 0 Å². The molecule has 20 heavy (non-hydrogen) atoms. The molecule has 0 spiro atoms. The Morgan fingerprint density at radius 2 is 2.05 bits per heavy atom. The van der Waals surface area contributed by atoms with Crippen molar-refractivity contribution in [3.63, 3.8) is 0 Å². The number of amides is 1. The zero-order valence-corrected chi connectivity index (χ0v) is 13.0. The fraction of sp³-hybridized carbons (Fsp3) is 0.938. The maximum absolute atomic E-state index is 12.0. The van der Waals surface area contributed by atoms with Crippen molar-refractivity contribution < 1.29 is 4.79 Å². The summed E-state index contributed by atoms with van der Waals surface area (Å²) in [5.74, 6) is 0.334. The van der Waals surface area contributed by atoms with Gasteiger partial charge in [0.25, 0.3) is 0 Å². The average molecular weight is 281 g/mol. The number of carbonyl (C=O) groups is 1. The van der Waals surface area contributed by atoms with Gasteiger partial charge in [-0.1, -0.05) is 6.42 Å². The molecule has 2 rings (SSSR count). The van der Waals surface area contributed by atoms with Crippen molar-refractivity contribution in [2.45, 2.75) is 70.4 Å². The van der Waals surface area contributed by atoms with Crippen LogP contribution in [0.2, 0.25) is 0 Å². The van der Waals surface area contributed by atoms with Gasteiger partial charge < -0.3 is 15.5 Å². The van der Waals surface area contributed by atoms with Gasteiger partial charge in [-0.2, -0.15) is 0 Å². The van der Waals surface area contributed by atoms with E-state index in [-0.39, 0.29) is 0 Å². The topological polar surface area (TPSA) is 44.4 Å². The lowest BCUT2D eigenvalue weighted by Crippen LogP contribution is -2.41. The SMILES string of the molecule is CC(CC1CCCCN1)NCCC(=O)N1CCCCC1. The van der Waals surface area contributed by atoms with E-state index < -0.39 is 0 Å². The summed E-state index contributed by atoms with van der Waals surface area (Å²) in [7, 11) is 0. The van der Waals surface area contributed by atoms with Crippen LogP contribution in [0.25, 0.3) is 0 Å². The highest BCUT2D eigenvalue weighted by Gasteiger charge is 2.17. The molecule has 0 radical (unpaired) electrons. The van der Waals surface area contributed by atoms with Gasteiger partial charge in [-0.05, 0) is 52.0 Å². The van der Waals surface area contributed by atoms with Crippen LogP contribution in [0, 0.1) is 0 Å². The average Bonchev–Trinajstić information content (AvgIpc) is 2.49. The molecule has 0 saturated carbocycles. The standard InChI is InChI=1S/C16H31N3O/c1-14(13-15-7-3-4-9-18-15)17-10-8-16(20)19-11-5-2-6-12-19/h14-15,17-18H,2-13H2,1H3. The first-order valence-corrected chi connectivity index (χ1v) is 8.50. The van der Waals surface area contributed by atoms with E-state index in [1.807, 2.05) is 4.90 Å². The Kier molecular flexibility index (Phi) is 6.80. The van der Waals surface area contributed by atoms with Crippen molar-refractivity contribution in [2.24, 2.45) is 0 Å². The second-order valence-corrected chi connectivity index (χ2v) is 6.43. The molecule has 2 fully saturated rings. The van der Waals surface area contributed by atoms with Crippen LogP contribution in [0.5, 0.6) is 0 Å². The lowest BCUT2D eigenvalue weighted by atomic mass is 9.99. The second-order valence-electron chi connectivity index (χ2n) is 6.43. The quantitative estimate of drug-likeness (QED) is 0.781. The van der Waals surface area contributed by atoms with Gasteiger partial charge >= 0.3 is 0 Å². The number of nitrogens with zero attached hydrogens (tertiary/aromatic N) is 1. The van der Waals surface area contributed by atoms with Crippen LogP contribution >= 0.6 is 0 Å². The highest BCUT2D eigenvalue weighted by molar-refractivity contribution is 5.76. The van der Waals surface area contributed by atoms with E-state index in [0.717, 1.165) is 19.6 Å². The maximum Gasteiger partial charge on any atom is 0.223 e. The Labute approximate surface area is 123 Å². The molecule has 2 unspecified atom stereocenters. The molecule has 1 amide bonds. The fourth-order valence-corrected chi connectivity index (χ4v) is 3.36. The monoisotopic (exact) mass is 281 g/mol. The molecule has 116 valence electrons. The number of nitrogens with one attached hydrogen (secondary N) is 2. The molecule has 0 aromatic heterocycles. The molecule has 4 heteroatoms. The molecular formula is C16H31N3O. The summed E-state index contributed by atoms with van der Waals surface area (Å²) in [5.41, 5.74) is 0. The van der Waals surface area contributed by atoms with E-state index in [1.165, 1.54) is 51.5 Å². The Bertz CT molecular complexity index is 283. The summed E-state index contributed by atoms with van der Waals surface area (Å²) in [6.45, 7) is 6.18. The Morgan fingerprint density at radius 1 is 1.25 bits per heavy atom. The summed E-state index contributed by atoms with van der Waals surface area (Å²) in [6, 6.07) is 1.17. The number of hydrogen-bond donors (Lipinski definition) is 2. The van der Waals surface area contributed by atoms with Gasteiger partial charge in [0.05, 0.1) is 0 Å². The van der Waals surface area contributed by atoms with E-state index in [9.17, 15) is 4.79 Å². The van der Waals surface area contributed by atoms with Gasteiger partial charge in [0, 0.05) is 38.1 Å². The van der Waals surface area contributed by atoms with Gasteiger partial charge in [-0.3, -0.25) is 4.79 Å². The first-order valence-electron chi connectivity index (χ1n) is 8.50. The van der Waals surface area contributed by atoms with Crippen LogP contribution in [0.4, 0.5) is 0 Å². The number of hydrogen-bond acceptors (Lipinski definition) is 3. The van der Waals surface area contributed by atoms with Gasteiger partial charge in [0.1, 0.15) is 0 Å². The highest BCUT2D eigenvalue weighted by Crippen LogP contribution is 2.12. The van der Waals surface area contributed by atoms with E-state index in [4.69, 9.17) is 0 Å². The highest BCUT2D eigenvalue weighted by atomic mass is 16.2. The molecule has 2 saturated heterocycles. The normalized spacial score (nSPS) is 25.4. The van der Waals surface area contributed by atoms with Crippen LogP contribution in [-0.2, 0) is 4.79 Å². The molecule has 4 nitrogen and oxygen atoms in total. The molecule has 2 N–H and O–H groups in total. The largest absolute Gasteiger partial charge is 0.343 e. The van der Waals surface area contributed by atoms with E-state index in [1.54, 1.807) is 0 Å². The Morgan fingerprint density at radius 3 is 2.75 bits per heavy atom. The summed E-state index contributed by atoms with van der Waals surface area (Å²) in [4.78, 5) is 14.1. The smallest absolute Gasteiger partial charge is 0.223 e. The summed E-state index contributed by atoms with van der Waals surface area (Å²) in [5, 5.41) is 7.10. The summed E-state index contributed by atoms with van der Waals surface area (Å²) in [6.07, 6.45) is 9.47. The number of rotatable bonds is 6. The molecule has 0 bridgehead atoms. The molecule has 2 aliphatic rings. The van der Waals surface area contributed by atoms with Gasteiger partial charge in [-0.25, -0.2) is 0 Å². The zero-order chi connectivity index (χ0) is 14.2. The minimum Gasteiger partial charge on any atom is -0.343 e. The van der Waals surface area contributed by atoms with E-state index in [2.05, 4.69) is 17.6 Å². The predicted molar refractivity (Wildman–Crippen MR) is 82.8 cm³/mol. The lowest BCUT2D eigenvalue weighted by molar-refractivity contribution is -0.131. The van der Waals surface area contributed by atoms with Crippen LogP contribution in [0.1, 0.15) is 58.3 Å². The lowest BCUT2D eigenvalue weighted by Gasteiger charge is -2.28. The third kappa shape index (κ3) is 5.41. The van der Waals surface area contributed by atoms with Crippen LogP contribution < -0.4 is 10.6 Å².